The van der Waals surface area contributed by atoms with Crippen LogP contribution in [0, 0.1) is 0 Å². The molecule has 0 unspecified atom stereocenters. The summed E-state index contributed by atoms with van der Waals surface area (Å²) < 4.78 is 0. The Morgan fingerprint density at radius 1 is 1.62 bits per heavy atom. The van der Waals surface area contributed by atoms with Gasteiger partial charge in [0.15, 0.2) is 0 Å². The molecule has 0 aliphatic heterocycles. The second kappa shape index (κ2) is 6.85. The molecule has 0 amide bonds. The average Bonchev–Trinajstić information content (AvgIpc) is 1.68. The summed E-state index contributed by atoms with van der Waals surface area (Å²) in [5, 5.41) is 15.2. The second-order valence-electron chi connectivity index (χ2n) is 0.726. The summed E-state index contributed by atoms with van der Waals surface area (Å²) in [6.45, 7) is 0. The van der Waals surface area contributed by atoms with Gasteiger partial charge in [-0.3, -0.25) is 4.89 Å². The molecule has 0 radical (unpaired) electrons. The Kier molecular flexibility index (Phi) is 9.22. The van der Waals surface area contributed by atoms with Crippen LogP contribution in [0.3, 0.4) is 0 Å². The first kappa shape index (κ1) is 10.8. The van der Waals surface area contributed by atoms with Crippen molar-refractivity contribution in [3.8, 4) is 0 Å². The van der Waals surface area contributed by atoms with Crippen molar-refractivity contribution in [3.63, 3.8) is 0 Å². The summed E-state index contributed by atoms with van der Waals surface area (Å²) in [5.74, 6) is -0.998. The summed E-state index contributed by atoms with van der Waals surface area (Å²) >= 11 is 0. The number of hydrogen-bond donors (Lipinski definition) is 2. The number of carbonyl (C=O) groups is 1. The molecule has 0 aromatic carbocycles. The Labute approximate surface area is 64.8 Å². The molecule has 44 valence electrons. The van der Waals surface area contributed by atoms with E-state index in [1.165, 1.54) is 0 Å². The first-order valence-electron chi connectivity index (χ1n) is 1.47. The fraction of sp³-hybridized carbons (Fsp3) is 0. The van der Waals surface area contributed by atoms with Gasteiger partial charge in [0.05, 0.1) is 12.3 Å². The molecule has 0 aromatic heterocycles. The third-order valence-corrected chi connectivity index (χ3v) is 0.301. The van der Waals surface area contributed by atoms with Gasteiger partial charge in [-0.2, -0.15) is 5.26 Å². The average molecular weight is 195 g/mol. The SMILES string of the molecule is O=C(C=CO)OO.[Zr]. The summed E-state index contributed by atoms with van der Waals surface area (Å²) in [4.78, 5) is 12.8. The van der Waals surface area contributed by atoms with E-state index >= 15 is 0 Å². The molecule has 0 bridgehead atoms. The van der Waals surface area contributed by atoms with Crippen molar-refractivity contribution in [1.82, 2.24) is 0 Å². The molecule has 5 heteroatoms. The molecule has 2 N–H and O–H groups in total. The van der Waals surface area contributed by atoms with Crippen LogP contribution in [0.1, 0.15) is 0 Å². The van der Waals surface area contributed by atoms with Crippen molar-refractivity contribution < 1.29 is 46.2 Å². The smallest absolute Gasteiger partial charge is 0.368 e. The van der Waals surface area contributed by atoms with Gasteiger partial charge in [0, 0.05) is 26.2 Å². The van der Waals surface area contributed by atoms with E-state index in [4.69, 9.17) is 10.4 Å². The van der Waals surface area contributed by atoms with Gasteiger partial charge < -0.3 is 5.11 Å². The van der Waals surface area contributed by atoms with Gasteiger partial charge in [-0.15, -0.1) is 0 Å². The van der Waals surface area contributed by atoms with Crippen molar-refractivity contribution in [2.24, 2.45) is 0 Å². The number of aliphatic hydroxyl groups excluding tert-OH is 1. The van der Waals surface area contributed by atoms with Gasteiger partial charge in [-0.1, -0.05) is 0 Å². The molecule has 0 heterocycles. The molecule has 0 aliphatic rings. The zero-order valence-electron chi connectivity index (χ0n) is 3.87. The van der Waals surface area contributed by atoms with Gasteiger partial charge in [0.1, 0.15) is 0 Å². The van der Waals surface area contributed by atoms with E-state index in [-0.39, 0.29) is 26.2 Å². The van der Waals surface area contributed by atoms with Crippen LogP contribution in [0.2, 0.25) is 0 Å². The van der Waals surface area contributed by atoms with Crippen LogP contribution in [0.5, 0.6) is 0 Å². The maximum atomic E-state index is 9.69. The summed E-state index contributed by atoms with van der Waals surface area (Å²) in [6.07, 6.45) is 1.14. The van der Waals surface area contributed by atoms with E-state index in [2.05, 4.69) is 4.89 Å². The third kappa shape index (κ3) is 5.85. The van der Waals surface area contributed by atoms with Crippen LogP contribution in [0.25, 0.3) is 0 Å². The minimum Gasteiger partial charge on any atom is -0.515 e. The molecule has 8 heavy (non-hydrogen) atoms. The molecule has 0 atom stereocenters. The van der Waals surface area contributed by atoms with E-state index in [0.717, 1.165) is 0 Å². The number of carbonyl (C=O) groups excluding carboxylic acids is 1. The summed E-state index contributed by atoms with van der Waals surface area (Å²) in [6, 6.07) is 0. The number of hydrogen-bond acceptors (Lipinski definition) is 4. The fourth-order valence-corrected chi connectivity index (χ4v) is 0.0913. The summed E-state index contributed by atoms with van der Waals surface area (Å²) in [5.41, 5.74) is 0. The van der Waals surface area contributed by atoms with E-state index in [9.17, 15) is 4.79 Å². The van der Waals surface area contributed by atoms with E-state index < -0.39 is 5.97 Å². The van der Waals surface area contributed by atoms with Crippen LogP contribution in [0.4, 0.5) is 0 Å². The summed E-state index contributed by atoms with van der Waals surface area (Å²) in [7, 11) is 0. The van der Waals surface area contributed by atoms with E-state index in [1.807, 2.05) is 0 Å². The van der Waals surface area contributed by atoms with Crippen LogP contribution >= 0.6 is 0 Å². The van der Waals surface area contributed by atoms with Gasteiger partial charge in [0.25, 0.3) is 0 Å². The Balaban J connectivity index is 0. The molecule has 0 fully saturated rings. The predicted octanol–water partition coefficient (Wildman–Crippen LogP) is 0.0718. The fourth-order valence-electron chi connectivity index (χ4n) is 0.0913. The van der Waals surface area contributed by atoms with Crippen molar-refractivity contribution in [1.29, 1.82) is 0 Å². The first-order valence-corrected chi connectivity index (χ1v) is 1.47. The minimum atomic E-state index is -0.998. The first-order chi connectivity index (χ1) is 3.31. The van der Waals surface area contributed by atoms with Crippen LogP contribution in [-0.4, -0.2) is 16.3 Å². The molecular formula is C3H4O4Zr. The Hall–Kier alpha value is -0.147. The molecule has 0 aromatic rings. The minimum absolute atomic E-state index is 0. The van der Waals surface area contributed by atoms with Crippen LogP contribution in [0.15, 0.2) is 12.3 Å². The molecule has 0 saturated carbocycles. The van der Waals surface area contributed by atoms with Crippen molar-refractivity contribution in [2.75, 3.05) is 0 Å². The van der Waals surface area contributed by atoms with E-state index in [0.29, 0.717) is 12.3 Å². The number of rotatable bonds is 1. The largest absolute Gasteiger partial charge is 0.515 e. The van der Waals surface area contributed by atoms with Gasteiger partial charge >= 0.3 is 5.97 Å². The molecule has 0 saturated heterocycles. The quantitative estimate of drug-likeness (QED) is 0.269. The monoisotopic (exact) mass is 194 g/mol. The normalized spacial score (nSPS) is 8.12. The molecule has 4 nitrogen and oxygen atoms in total. The standard InChI is InChI=1S/C3H4O4.Zr/c4-2-1-3(5)7-6;/h1-2,4,6H;. The molecule has 0 spiro atoms. The Morgan fingerprint density at radius 2 is 2.12 bits per heavy atom. The molecule has 0 rings (SSSR count). The predicted molar refractivity (Wildman–Crippen MR) is 20.5 cm³/mol. The number of aliphatic hydroxyl groups is 1. The second-order valence-corrected chi connectivity index (χ2v) is 0.726. The topological polar surface area (TPSA) is 66.8 Å². The zero-order chi connectivity index (χ0) is 5.70. The van der Waals surface area contributed by atoms with Crippen LogP contribution < -0.4 is 0 Å². The Morgan fingerprint density at radius 3 is 2.25 bits per heavy atom. The van der Waals surface area contributed by atoms with Crippen molar-refractivity contribution >= 4 is 5.97 Å². The zero-order valence-corrected chi connectivity index (χ0v) is 6.32. The third-order valence-electron chi connectivity index (χ3n) is 0.301. The van der Waals surface area contributed by atoms with Gasteiger partial charge in [-0.25, -0.2) is 4.79 Å². The van der Waals surface area contributed by atoms with Gasteiger partial charge in [0.2, 0.25) is 0 Å². The van der Waals surface area contributed by atoms with Gasteiger partial charge in [-0.05, 0) is 0 Å². The maximum absolute atomic E-state index is 9.69. The van der Waals surface area contributed by atoms with Crippen LogP contribution in [-0.2, 0) is 35.9 Å². The van der Waals surface area contributed by atoms with Crippen molar-refractivity contribution in [2.45, 2.75) is 0 Å². The maximum Gasteiger partial charge on any atom is 0.368 e. The van der Waals surface area contributed by atoms with Crippen molar-refractivity contribution in [3.05, 3.63) is 12.3 Å². The van der Waals surface area contributed by atoms with E-state index in [1.54, 1.807) is 0 Å². The Bertz CT molecular complexity index is 89.3. The molecule has 0 aliphatic carbocycles. The molecular weight excluding hydrogens is 191 g/mol.